The van der Waals surface area contributed by atoms with E-state index in [1.165, 1.54) is 12.0 Å². The molecule has 32 heavy (non-hydrogen) atoms. The molecule has 1 unspecified atom stereocenters. The summed E-state index contributed by atoms with van der Waals surface area (Å²) in [5, 5.41) is 11.4. The lowest BCUT2D eigenvalue weighted by Gasteiger charge is -2.25. The van der Waals surface area contributed by atoms with E-state index >= 15 is 0 Å². The molecule has 1 aliphatic rings. The van der Waals surface area contributed by atoms with Gasteiger partial charge in [-0.3, -0.25) is 9.59 Å². The van der Waals surface area contributed by atoms with E-state index in [-0.39, 0.29) is 16.7 Å². The van der Waals surface area contributed by atoms with Gasteiger partial charge >= 0.3 is 0 Å². The number of Topliss-reactive ketones (excluding diaryl/α,β-unsaturated/α-hetero) is 1. The van der Waals surface area contributed by atoms with Gasteiger partial charge in [0.15, 0.2) is 0 Å². The van der Waals surface area contributed by atoms with Crippen LogP contribution in [0.4, 0.5) is 0 Å². The van der Waals surface area contributed by atoms with E-state index in [1.807, 2.05) is 25.1 Å². The smallest absolute Gasteiger partial charge is 0.295 e. The van der Waals surface area contributed by atoms with E-state index in [2.05, 4.69) is 20.8 Å². The summed E-state index contributed by atoms with van der Waals surface area (Å²) in [7, 11) is 3.07. The molecule has 1 atom stereocenters. The highest BCUT2D eigenvalue weighted by molar-refractivity contribution is 6.46. The zero-order valence-corrected chi connectivity index (χ0v) is 19.6. The maximum atomic E-state index is 13.1. The Balaban J connectivity index is 2.28. The lowest BCUT2D eigenvalue weighted by molar-refractivity contribution is -0.139. The lowest BCUT2D eigenvalue weighted by atomic mass is 9.85. The van der Waals surface area contributed by atoms with Crippen molar-refractivity contribution in [3.05, 3.63) is 64.7 Å². The Morgan fingerprint density at radius 2 is 1.78 bits per heavy atom. The maximum Gasteiger partial charge on any atom is 0.295 e. The second-order valence-corrected chi connectivity index (χ2v) is 8.93. The third-order valence-electron chi connectivity index (χ3n) is 5.73. The van der Waals surface area contributed by atoms with Gasteiger partial charge in [-0.1, -0.05) is 45.9 Å². The van der Waals surface area contributed by atoms with Crippen LogP contribution in [0, 0.1) is 0 Å². The topological polar surface area (TPSA) is 76.1 Å². The SMILES string of the molecule is CCCN1C(=O)C(=O)/C(=C(/O)c2cc(C(C)(C)C)ccc2OC)C1c1cccc(OC)c1. The van der Waals surface area contributed by atoms with Gasteiger partial charge in [0.25, 0.3) is 11.7 Å². The monoisotopic (exact) mass is 437 g/mol. The minimum Gasteiger partial charge on any atom is -0.507 e. The Kier molecular flexibility index (Phi) is 6.63. The summed E-state index contributed by atoms with van der Waals surface area (Å²) < 4.78 is 10.8. The lowest BCUT2D eigenvalue weighted by Crippen LogP contribution is -2.30. The third kappa shape index (κ3) is 4.22. The van der Waals surface area contributed by atoms with Crippen LogP contribution in [0.3, 0.4) is 0 Å². The summed E-state index contributed by atoms with van der Waals surface area (Å²) in [6, 6.07) is 12.0. The molecule has 0 bridgehead atoms. The minimum absolute atomic E-state index is 0.0565. The minimum atomic E-state index is -0.715. The molecule has 1 amide bonds. The van der Waals surface area contributed by atoms with Crippen LogP contribution in [0.15, 0.2) is 48.0 Å². The first-order chi connectivity index (χ1) is 15.1. The van der Waals surface area contributed by atoms with Crippen molar-refractivity contribution in [3.8, 4) is 11.5 Å². The Labute approximate surface area is 189 Å². The van der Waals surface area contributed by atoms with Gasteiger partial charge in [0.1, 0.15) is 17.3 Å². The summed E-state index contributed by atoms with van der Waals surface area (Å²) in [5.41, 5.74) is 1.94. The van der Waals surface area contributed by atoms with Crippen molar-refractivity contribution in [1.82, 2.24) is 4.90 Å². The van der Waals surface area contributed by atoms with Crippen LogP contribution in [0.2, 0.25) is 0 Å². The Morgan fingerprint density at radius 1 is 1.06 bits per heavy atom. The van der Waals surface area contributed by atoms with Crippen LogP contribution in [-0.4, -0.2) is 42.5 Å². The summed E-state index contributed by atoms with van der Waals surface area (Å²) in [4.78, 5) is 27.6. The maximum absolute atomic E-state index is 13.1. The molecule has 0 radical (unpaired) electrons. The summed E-state index contributed by atoms with van der Waals surface area (Å²) in [6.45, 7) is 8.53. The molecule has 0 saturated carbocycles. The number of hydrogen-bond donors (Lipinski definition) is 1. The predicted octanol–water partition coefficient (Wildman–Crippen LogP) is 4.83. The van der Waals surface area contributed by atoms with Crippen LogP contribution in [0.25, 0.3) is 5.76 Å². The second-order valence-electron chi connectivity index (χ2n) is 8.93. The molecule has 0 aromatic heterocycles. The first kappa shape index (κ1) is 23.4. The highest BCUT2D eigenvalue weighted by Gasteiger charge is 2.46. The van der Waals surface area contributed by atoms with E-state index in [4.69, 9.17) is 9.47 Å². The van der Waals surface area contributed by atoms with E-state index < -0.39 is 17.7 Å². The molecule has 6 heteroatoms. The normalized spacial score (nSPS) is 18.2. The largest absolute Gasteiger partial charge is 0.507 e. The van der Waals surface area contributed by atoms with Crippen LogP contribution < -0.4 is 9.47 Å². The van der Waals surface area contributed by atoms with Crippen LogP contribution >= 0.6 is 0 Å². The van der Waals surface area contributed by atoms with E-state index in [0.29, 0.717) is 35.6 Å². The number of amides is 1. The number of carbonyl (C=O) groups excluding carboxylic acids is 2. The summed E-state index contributed by atoms with van der Waals surface area (Å²) in [5.74, 6) is -0.518. The molecule has 3 rings (SSSR count). The van der Waals surface area contributed by atoms with Crippen molar-refractivity contribution < 1.29 is 24.2 Å². The van der Waals surface area contributed by atoms with Crippen molar-refractivity contribution in [2.75, 3.05) is 20.8 Å². The number of nitrogens with zero attached hydrogens (tertiary/aromatic N) is 1. The number of aliphatic hydroxyl groups excluding tert-OH is 1. The Bertz CT molecular complexity index is 1060. The fourth-order valence-electron chi connectivity index (χ4n) is 4.01. The molecule has 2 aromatic rings. The first-order valence-electron chi connectivity index (χ1n) is 10.7. The quantitative estimate of drug-likeness (QED) is 0.398. The van der Waals surface area contributed by atoms with E-state index in [1.54, 1.807) is 31.4 Å². The molecule has 170 valence electrons. The van der Waals surface area contributed by atoms with Gasteiger partial charge in [0.2, 0.25) is 0 Å². The Morgan fingerprint density at radius 3 is 2.38 bits per heavy atom. The van der Waals surface area contributed by atoms with Crippen molar-refractivity contribution in [2.45, 2.75) is 45.6 Å². The van der Waals surface area contributed by atoms with Gasteiger partial charge in [0.05, 0.1) is 31.4 Å². The van der Waals surface area contributed by atoms with Crippen LogP contribution in [0.1, 0.15) is 56.8 Å². The van der Waals surface area contributed by atoms with Crippen LogP contribution in [-0.2, 0) is 15.0 Å². The number of ether oxygens (including phenoxy) is 2. The fourth-order valence-corrected chi connectivity index (χ4v) is 4.01. The average molecular weight is 438 g/mol. The summed E-state index contributed by atoms with van der Waals surface area (Å²) in [6.07, 6.45) is 0.677. The highest BCUT2D eigenvalue weighted by atomic mass is 16.5. The molecular formula is C26H31NO5. The molecule has 2 aromatic carbocycles. The predicted molar refractivity (Wildman–Crippen MR) is 124 cm³/mol. The molecule has 1 fully saturated rings. The van der Waals surface area contributed by atoms with Gasteiger partial charge in [-0.25, -0.2) is 0 Å². The fraction of sp³-hybridized carbons (Fsp3) is 0.385. The second kappa shape index (κ2) is 9.07. The Hall–Kier alpha value is -3.28. The number of carbonyl (C=O) groups is 2. The number of likely N-dealkylation sites (tertiary alicyclic amines) is 1. The number of hydrogen-bond acceptors (Lipinski definition) is 5. The number of ketones is 1. The van der Waals surface area contributed by atoms with Crippen molar-refractivity contribution in [3.63, 3.8) is 0 Å². The van der Waals surface area contributed by atoms with Crippen LogP contribution in [0.5, 0.6) is 11.5 Å². The number of aliphatic hydroxyl groups is 1. The van der Waals surface area contributed by atoms with E-state index in [9.17, 15) is 14.7 Å². The summed E-state index contributed by atoms with van der Waals surface area (Å²) >= 11 is 0. The molecule has 1 aliphatic heterocycles. The van der Waals surface area contributed by atoms with Gasteiger partial charge in [-0.15, -0.1) is 0 Å². The highest BCUT2D eigenvalue weighted by Crippen LogP contribution is 2.42. The molecule has 1 saturated heterocycles. The van der Waals surface area contributed by atoms with Crippen molar-refractivity contribution >= 4 is 17.4 Å². The number of rotatable bonds is 6. The van der Waals surface area contributed by atoms with Gasteiger partial charge in [0, 0.05) is 6.54 Å². The number of methoxy groups -OCH3 is 2. The van der Waals surface area contributed by atoms with Gasteiger partial charge < -0.3 is 19.5 Å². The molecule has 1 N–H and O–H groups in total. The van der Waals surface area contributed by atoms with Gasteiger partial charge in [-0.2, -0.15) is 0 Å². The van der Waals surface area contributed by atoms with Gasteiger partial charge in [-0.05, 0) is 47.2 Å². The average Bonchev–Trinajstić information content (AvgIpc) is 3.02. The number of benzene rings is 2. The molecular weight excluding hydrogens is 406 g/mol. The molecule has 0 spiro atoms. The standard InChI is InChI=1S/C26H31NO5/c1-7-13-27-22(16-9-8-10-18(14-16)31-5)21(24(29)25(27)30)23(28)19-15-17(26(2,3)4)11-12-20(19)32-6/h8-12,14-15,22,28H,7,13H2,1-6H3/b23-21+. The molecule has 1 heterocycles. The van der Waals surface area contributed by atoms with Crippen molar-refractivity contribution in [1.29, 1.82) is 0 Å². The zero-order chi connectivity index (χ0) is 23.6. The molecule has 6 nitrogen and oxygen atoms in total. The van der Waals surface area contributed by atoms with Crippen molar-refractivity contribution in [2.24, 2.45) is 0 Å². The molecule has 0 aliphatic carbocycles. The zero-order valence-electron chi connectivity index (χ0n) is 19.6. The van der Waals surface area contributed by atoms with E-state index in [0.717, 1.165) is 5.56 Å². The third-order valence-corrected chi connectivity index (χ3v) is 5.73. The first-order valence-corrected chi connectivity index (χ1v) is 10.7.